The molecule has 0 saturated carbocycles. The van der Waals surface area contributed by atoms with Gasteiger partial charge in [-0.2, -0.15) is 5.10 Å². The first-order valence-electron chi connectivity index (χ1n) is 9.57. The van der Waals surface area contributed by atoms with Gasteiger partial charge in [-0.15, -0.1) is 24.0 Å². The van der Waals surface area contributed by atoms with Crippen molar-refractivity contribution in [3.05, 3.63) is 72.4 Å². The lowest BCUT2D eigenvalue weighted by Gasteiger charge is -2.11. The summed E-state index contributed by atoms with van der Waals surface area (Å²) in [5.74, 6) is 1.63. The molecule has 3 rings (SSSR count). The molecule has 0 aliphatic heterocycles. The van der Waals surface area contributed by atoms with Gasteiger partial charge in [-0.1, -0.05) is 18.2 Å². The summed E-state index contributed by atoms with van der Waals surface area (Å²) in [7, 11) is 0. The number of nitrogens with one attached hydrogen (secondary N) is 2. The number of ether oxygens (including phenoxy) is 1. The second-order valence-electron chi connectivity index (χ2n) is 6.19. The van der Waals surface area contributed by atoms with Gasteiger partial charge in [-0.05, 0) is 43.7 Å². The van der Waals surface area contributed by atoms with Gasteiger partial charge in [-0.25, -0.2) is 9.67 Å². The molecule has 0 saturated heterocycles. The second-order valence-corrected chi connectivity index (χ2v) is 6.19. The van der Waals surface area contributed by atoms with Gasteiger partial charge >= 0.3 is 0 Å². The summed E-state index contributed by atoms with van der Waals surface area (Å²) >= 11 is 0. The van der Waals surface area contributed by atoms with E-state index in [-0.39, 0.29) is 24.0 Å². The van der Waals surface area contributed by atoms with E-state index in [4.69, 9.17) is 9.15 Å². The molecule has 0 unspecified atom stereocenters. The Morgan fingerprint density at radius 3 is 2.76 bits per heavy atom. The maximum absolute atomic E-state index is 5.59. The molecule has 0 aliphatic rings. The van der Waals surface area contributed by atoms with E-state index in [2.05, 4.69) is 20.7 Å². The number of halogens is 1. The van der Waals surface area contributed by atoms with Crippen molar-refractivity contribution < 1.29 is 9.15 Å². The fourth-order valence-electron chi connectivity index (χ4n) is 2.62. The van der Waals surface area contributed by atoms with Crippen molar-refractivity contribution in [2.45, 2.75) is 26.5 Å². The SMILES string of the molecule is CCNC(=NCc1ccn(-c2ccccc2)n1)NCCCOCc1ccco1.I. The molecule has 0 amide bonds. The Morgan fingerprint density at radius 2 is 2.00 bits per heavy atom. The Bertz CT molecular complexity index is 834. The molecule has 3 aromatic rings. The number of hydrogen-bond acceptors (Lipinski definition) is 4. The minimum atomic E-state index is 0. The number of furan rings is 1. The minimum absolute atomic E-state index is 0. The predicted molar refractivity (Wildman–Crippen MR) is 125 cm³/mol. The molecule has 7 nitrogen and oxygen atoms in total. The van der Waals surface area contributed by atoms with Crippen LogP contribution in [0.15, 0.2) is 70.4 Å². The number of hydrogen-bond donors (Lipinski definition) is 2. The van der Waals surface area contributed by atoms with Crippen LogP contribution in [0.2, 0.25) is 0 Å². The van der Waals surface area contributed by atoms with Crippen LogP contribution < -0.4 is 10.6 Å². The van der Waals surface area contributed by atoms with Gasteiger partial charge < -0.3 is 19.8 Å². The highest BCUT2D eigenvalue weighted by atomic mass is 127. The maximum Gasteiger partial charge on any atom is 0.191 e. The van der Waals surface area contributed by atoms with E-state index in [0.29, 0.717) is 19.8 Å². The molecule has 156 valence electrons. The lowest BCUT2D eigenvalue weighted by Crippen LogP contribution is -2.38. The molecule has 2 heterocycles. The fraction of sp³-hybridized carbons (Fsp3) is 0.333. The zero-order valence-electron chi connectivity index (χ0n) is 16.6. The lowest BCUT2D eigenvalue weighted by atomic mass is 10.3. The first-order chi connectivity index (χ1) is 13.8. The molecule has 1 aromatic carbocycles. The summed E-state index contributed by atoms with van der Waals surface area (Å²) in [6.45, 7) is 5.32. The summed E-state index contributed by atoms with van der Waals surface area (Å²) in [4.78, 5) is 4.61. The number of para-hydroxylation sites is 1. The average molecular weight is 509 g/mol. The molecular formula is C21H28IN5O2. The molecule has 2 aromatic heterocycles. The first kappa shape index (κ1) is 23.0. The van der Waals surface area contributed by atoms with Crippen molar-refractivity contribution in [1.82, 2.24) is 20.4 Å². The third kappa shape index (κ3) is 7.90. The van der Waals surface area contributed by atoms with Crippen molar-refractivity contribution in [3.8, 4) is 5.69 Å². The first-order valence-corrected chi connectivity index (χ1v) is 9.57. The van der Waals surface area contributed by atoms with Crippen LogP contribution >= 0.6 is 24.0 Å². The number of nitrogens with zero attached hydrogens (tertiary/aromatic N) is 3. The van der Waals surface area contributed by atoms with E-state index in [1.54, 1.807) is 6.26 Å². The number of guanidine groups is 1. The summed E-state index contributed by atoms with van der Waals surface area (Å²) in [5, 5.41) is 11.2. The van der Waals surface area contributed by atoms with Gasteiger partial charge in [0.15, 0.2) is 5.96 Å². The van der Waals surface area contributed by atoms with Crippen LogP contribution in [0.1, 0.15) is 24.8 Å². The zero-order chi connectivity index (χ0) is 19.4. The van der Waals surface area contributed by atoms with Crippen LogP contribution in [0, 0.1) is 0 Å². The van der Waals surface area contributed by atoms with E-state index in [0.717, 1.165) is 42.6 Å². The summed E-state index contributed by atoms with van der Waals surface area (Å²) in [5.41, 5.74) is 1.96. The van der Waals surface area contributed by atoms with Crippen molar-refractivity contribution in [2.75, 3.05) is 19.7 Å². The molecule has 0 atom stereocenters. The van der Waals surface area contributed by atoms with Crippen LogP contribution in [-0.4, -0.2) is 35.4 Å². The zero-order valence-corrected chi connectivity index (χ0v) is 18.9. The Hall–Kier alpha value is -2.33. The standard InChI is InChI=1S/C21H27N5O2.HI/c1-2-22-21(23-12-7-14-27-17-20-10-6-15-28-20)24-16-18-11-13-26(25-18)19-8-4-3-5-9-19;/h3-6,8-11,13,15H,2,7,12,14,16-17H2,1H3,(H2,22,23,24);1H. The van der Waals surface area contributed by atoms with Crippen LogP contribution in [-0.2, 0) is 17.9 Å². The van der Waals surface area contributed by atoms with E-state index < -0.39 is 0 Å². The van der Waals surface area contributed by atoms with Crippen molar-refractivity contribution >= 4 is 29.9 Å². The minimum Gasteiger partial charge on any atom is -0.467 e. The molecule has 0 fully saturated rings. The predicted octanol–water partition coefficient (Wildman–Crippen LogP) is 3.75. The van der Waals surface area contributed by atoms with Gasteiger partial charge in [0, 0.05) is 25.9 Å². The molecule has 29 heavy (non-hydrogen) atoms. The second kappa shape index (κ2) is 13.0. The number of aliphatic imine (C=N–C) groups is 1. The summed E-state index contributed by atoms with van der Waals surface area (Å²) < 4.78 is 12.7. The molecule has 0 bridgehead atoms. The number of rotatable bonds is 10. The molecule has 0 spiro atoms. The summed E-state index contributed by atoms with van der Waals surface area (Å²) in [6.07, 6.45) is 4.49. The monoisotopic (exact) mass is 509 g/mol. The van der Waals surface area contributed by atoms with E-state index in [1.165, 1.54) is 0 Å². The molecule has 0 aliphatic carbocycles. The van der Waals surface area contributed by atoms with Crippen molar-refractivity contribution in [3.63, 3.8) is 0 Å². The van der Waals surface area contributed by atoms with Crippen LogP contribution in [0.25, 0.3) is 5.69 Å². The van der Waals surface area contributed by atoms with Gasteiger partial charge in [0.05, 0.1) is 24.2 Å². The number of benzene rings is 1. The Morgan fingerprint density at radius 1 is 1.14 bits per heavy atom. The number of aromatic nitrogens is 2. The molecular weight excluding hydrogens is 481 g/mol. The van der Waals surface area contributed by atoms with Crippen LogP contribution in [0.5, 0.6) is 0 Å². The van der Waals surface area contributed by atoms with E-state index in [9.17, 15) is 0 Å². The van der Waals surface area contributed by atoms with Gasteiger partial charge in [-0.3, -0.25) is 0 Å². The summed E-state index contributed by atoms with van der Waals surface area (Å²) in [6, 6.07) is 15.8. The van der Waals surface area contributed by atoms with Gasteiger partial charge in [0.1, 0.15) is 12.4 Å². The third-order valence-corrected chi connectivity index (χ3v) is 3.99. The van der Waals surface area contributed by atoms with Gasteiger partial charge in [0.2, 0.25) is 0 Å². The Kier molecular flexibility index (Phi) is 10.3. The highest BCUT2D eigenvalue weighted by molar-refractivity contribution is 14.0. The molecule has 0 radical (unpaired) electrons. The lowest BCUT2D eigenvalue weighted by molar-refractivity contribution is 0.105. The Balaban J connectivity index is 0.00000300. The highest BCUT2D eigenvalue weighted by Crippen LogP contribution is 2.07. The molecule has 8 heteroatoms. The third-order valence-electron chi connectivity index (χ3n) is 3.99. The normalized spacial score (nSPS) is 11.1. The fourth-order valence-corrected chi connectivity index (χ4v) is 2.62. The highest BCUT2D eigenvalue weighted by Gasteiger charge is 2.02. The quantitative estimate of drug-likeness (QED) is 0.189. The van der Waals surface area contributed by atoms with Crippen molar-refractivity contribution in [1.29, 1.82) is 0 Å². The van der Waals surface area contributed by atoms with Crippen LogP contribution in [0.3, 0.4) is 0 Å². The Labute approximate surface area is 188 Å². The molecule has 2 N–H and O–H groups in total. The van der Waals surface area contributed by atoms with Gasteiger partial charge in [0.25, 0.3) is 0 Å². The average Bonchev–Trinajstić information content (AvgIpc) is 3.41. The smallest absolute Gasteiger partial charge is 0.191 e. The topological polar surface area (TPSA) is 76.6 Å². The van der Waals surface area contributed by atoms with E-state index >= 15 is 0 Å². The van der Waals surface area contributed by atoms with E-state index in [1.807, 2.05) is 66.3 Å². The van der Waals surface area contributed by atoms with Crippen LogP contribution in [0.4, 0.5) is 0 Å². The van der Waals surface area contributed by atoms with Crippen molar-refractivity contribution in [2.24, 2.45) is 4.99 Å². The maximum atomic E-state index is 5.59. The largest absolute Gasteiger partial charge is 0.467 e.